The molecule has 14 heteroatoms. The number of para-hydroxylation sites is 1. The van der Waals surface area contributed by atoms with Gasteiger partial charge in [0.05, 0.1) is 51.7 Å². The Balaban J connectivity index is 1.86. The van der Waals surface area contributed by atoms with E-state index in [9.17, 15) is 26.7 Å². The van der Waals surface area contributed by atoms with E-state index in [0.717, 1.165) is 11.0 Å². The minimum Gasteiger partial charge on any atom is -0.433 e. The van der Waals surface area contributed by atoms with Crippen LogP contribution in [-0.2, 0) is 6.18 Å². The summed E-state index contributed by atoms with van der Waals surface area (Å²) in [4.78, 5) is 19.5. The Hall–Kier alpha value is -3.33. The lowest BCUT2D eigenvalue weighted by Gasteiger charge is -2.41. The molecule has 0 spiro atoms. The van der Waals surface area contributed by atoms with E-state index in [0.29, 0.717) is 10.8 Å². The second-order valence-corrected chi connectivity index (χ2v) is 12.5. The average Bonchev–Trinajstić information content (AvgIpc) is 3.22. The molecule has 1 aliphatic rings. The highest BCUT2D eigenvalue weighted by atomic mass is 31.1. The zero-order valence-corrected chi connectivity index (χ0v) is 23.7. The molecule has 0 fully saturated rings. The van der Waals surface area contributed by atoms with Crippen LogP contribution in [0.4, 0.5) is 22.0 Å². The van der Waals surface area contributed by atoms with Crippen molar-refractivity contribution in [2.24, 2.45) is 0 Å². The van der Waals surface area contributed by atoms with E-state index in [-0.39, 0.29) is 45.9 Å². The Labute approximate surface area is 244 Å². The van der Waals surface area contributed by atoms with Gasteiger partial charge in [-0.2, -0.15) is 22.0 Å². The van der Waals surface area contributed by atoms with E-state index in [1.807, 2.05) is 13.3 Å². The van der Waals surface area contributed by atoms with Crippen LogP contribution in [0.2, 0.25) is 0 Å². The molecule has 5 nitrogen and oxygen atoms in total. The lowest BCUT2D eigenvalue weighted by atomic mass is 9.48. The van der Waals surface area contributed by atoms with Crippen molar-refractivity contribution in [3.05, 3.63) is 71.5 Å². The normalized spacial score (nSPS) is 15.7. The number of imidazole rings is 1. The molecule has 3 aromatic carbocycles. The fraction of sp³-hybridized carbons (Fsp3) is 0.286. The molecule has 1 atom stereocenters. The first-order chi connectivity index (χ1) is 19.6. The zero-order valence-electron chi connectivity index (χ0n) is 22.8. The lowest BCUT2D eigenvalue weighted by Crippen LogP contribution is -2.54. The van der Waals surface area contributed by atoms with Crippen LogP contribution in [0.5, 0.6) is 5.75 Å². The van der Waals surface area contributed by atoms with Gasteiger partial charge in [0.15, 0.2) is 5.75 Å². The molecule has 1 amide bonds. The van der Waals surface area contributed by atoms with E-state index >= 15 is 0 Å². The number of carbonyl (C=O) groups excluding carboxylic acids is 1. The minimum atomic E-state index is -4.64. The van der Waals surface area contributed by atoms with Crippen LogP contribution < -0.4 is 10.0 Å². The first-order valence-corrected chi connectivity index (χ1v) is 15.1. The maximum absolute atomic E-state index is 14.2. The van der Waals surface area contributed by atoms with Crippen molar-refractivity contribution in [2.45, 2.75) is 37.4 Å². The minimum absolute atomic E-state index is 0.0684. The van der Waals surface area contributed by atoms with Crippen LogP contribution in [0.25, 0.3) is 27.8 Å². The highest BCUT2D eigenvalue weighted by Crippen LogP contribution is 2.44. The third kappa shape index (κ3) is 5.21. The molecular formula is C28H22B3F5N3O2P. The summed E-state index contributed by atoms with van der Waals surface area (Å²) in [6, 6.07) is 11.8. The van der Waals surface area contributed by atoms with Gasteiger partial charge in [0.25, 0.3) is 5.91 Å². The number of ether oxygens (including phenoxy) is 1. The van der Waals surface area contributed by atoms with Crippen molar-refractivity contribution in [1.29, 1.82) is 0 Å². The van der Waals surface area contributed by atoms with Crippen LogP contribution in [0.15, 0.2) is 54.6 Å². The molecule has 0 saturated heterocycles. The Morgan fingerprint density at radius 1 is 1.02 bits per heavy atom. The van der Waals surface area contributed by atoms with Crippen molar-refractivity contribution < 1.29 is 31.5 Å². The number of rotatable bonds is 6. The highest BCUT2D eigenvalue weighted by molar-refractivity contribution is 7.64. The smallest absolute Gasteiger partial charge is 0.417 e. The van der Waals surface area contributed by atoms with E-state index in [1.165, 1.54) is 47.0 Å². The van der Waals surface area contributed by atoms with Gasteiger partial charge in [0, 0.05) is 0 Å². The zero-order chi connectivity index (χ0) is 30.7. The Kier molecular flexibility index (Phi) is 7.71. The second kappa shape index (κ2) is 10.7. The summed E-state index contributed by atoms with van der Waals surface area (Å²) in [5, 5.41) is -1.59. The summed E-state index contributed by atoms with van der Waals surface area (Å²) >= 11 is 0. The summed E-state index contributed by atoms with van der Waals surface area (Å²) in [5.74, 6) is -0.944. The largest absolute Gasteiger partial charge is 0.433 e. The quantitative estimate of drug-likeness (QED) is 0.164. The topological polar surface area (TPSA) is 47.4 Å². The number of hydrogen-bond donors (Lipinski definition) is 0. The van der Waals surface area contributed by atoms with Gasteiger partial charge in [0.1, 0.15) is 11.5 Å². The van der Waals surface area contributed by atoms with Crippen molar-refractivity contribution >= 4 is 53.7 Å². The van der Waals surface area contributed by atoms with E-state index in [1.54, 1.807) is 13.0 Å². The Bertz CT molecular complexity index is 1690. The summed E-state index contributed by atoms with van der Waals surface area (Å²) < 4.78 is 76.1. The van der Waals surface area contributed by atoms with Crippen molar-refractivity contribution in [2.75, 3.05) is 13.3 Å². The van der Waals surface area contributed by atoms with Gasteiger partial charge in [-0.05, 0) is 66.5 Å². The number of halogens is 5. The average molecular weight is 591 g/mol. The fourth-order valence-corrected chi connectivity index (χ4v) is 6.09. The fourth-order valence-electron chi connectivity index (χ4n) is 5.33. The summed E-state index contributed by atoms with van der Waals surface area (Å²) in [6.07, 6.45) is -4.43. The first-order valence-electron chi connectivity index (χ1n) is 12.8. The molecule has 2 heterocycles. The van der Waals surface area contributed by atoms with Gasteiger partial charge in [-0.3, -0.25) is 9.36 Å². The van der Waals surface area contributed by atoms with Crippen molar-refractivity contribution in [3.63, 3.8) is 0 Å². The van der Waals surface area contributed by atoms with Crippen LogP contribution >= 0.6 is 7.92 Å². The van der Waals surface area contributed by atoms with Crippen LogP contribution in [0, 0.1) is 0 Å². The first kappa shape index (κ1) is 30.1. The SMILES string of the molecule is [B]C([B])([B])N1C(=O)c2cccc(OC(F)F)c2-n2c(nc3ccc(-c4ccc(P(C)C)cc4C(F)(F)F)cc32)C1CC. The van der Waals surface area contributed by atoms with E-state index in [4.69, 9.17) is 28.3 Å². The molecule has 1 aromatic heterocycles. The highest BCUT2D eigenvalue weighted by Gasteiger charge is 2.41. The number of carbonyl (C=O) groups is 1. The van der Waals surface area contributed by atoms with E-state index in [2.05, 4.69) is 4.98 Å². The number of hydrogen-bond acceptors (Lipinski definition) is 3. The number of benzene rings is 3. The third-order valence-electron chi connectivity index (χ3n) is 7.12. The van der Waals surface area contributed by atoms with Gasteiger partial charge < -0.3 is 9.64 Å². The number of aromatic nitrogens is 2. The number of amides is 1. The lowest BCUT2D eigenvalue weighted by molar-refractivity contribution is -0.137. The van der Waals surface area contributed by atoms with Crippen LogP contribution in [0.3, 0.4) is 0 Å². The number of nitrogens with zero attached hydrogens (tertiary/aromatic N) is 3. The predicted octanol–water partition coefficient (Wildman–Crippen LogP) is 5.70. The molecule has 5 rings (SSSR count). The maximum atomic E-state index is 14.2. The number of fused-ring (bicyclic) bond motifs is 5. The van der Waals surface area contributed by atoms with Gasteiger partial charge in [-0.15, -0.1) is 0 Å². The molecule has 0 bridgehead atoms. The van der Waals surface area contributed by atoms with Gasteiger partial charge in [-0.25, -0.2) is 4.98 Å². The molecule has 0 aliphatic carbocycles. The summed E-state index contributed by atoms with van der Waals surface area (Å²) in [5.41, 5.74) is -0.282. The number of alkyl halides is 5. The molecule has 0 saturated carbocycles. The predicted molar refractivity (Wildman–Crippen MR) is 156 cm³/mol. The van der Waals surface area contributed by atoms with Gasteiger partial charge in [0.2, 0.25) is 0 Å². The van der Waals surface area contributed by atoms with Gasteiger partial charge in [-0.1, -0.05) is 44.3 Å². The standard InChI is InChI=1S/C28H22B3F5N3O2P/c1-4-20-24-37-19-11-8-14(16-10-9-15(42(2)3)13-18(16)27(34,35)36)12-21(19)38(24)23-17(25(40)39(20)28(29,30)31)6-5-7-22(23)41-26(32)33/h5-13,20,26H,4H2,1-3H3. The monoisotopic (exact) mass is 591 g/mol. The van der Waals surface area contributed by atoms with E-state index < -0.39 is 43.5 Å². The van der Waals surface area contributed by atoms with Crippen LogP contribution in [0.1, 0.15) is 41.1 Å². The van der Waals surface area contributed by atoms with Crippen molar-refractivity contribution in [1.82, 2.24) is 14.5 Å². The van der Waals surface area contributed by atoms with Crippen molar-refractivity contribution in [3.8, 4) is 22.6 Å². The molecule has 0 N–H and O–H groups in total. The second-order valence-electron chi connectivity index (χ2n) is 10.1. The molecule has 42 heavy (non-hydrogen) atoms. The molecule has 1 unspecified atom stereocenters. The summed E-state index contributed by atoms with van der Waals surface area (Å²) in [7, 11) is 17.3. The molecule has 210 valence electrons. The molecule has 6 radical (unpaired) electrons. The molecular weight excluding hydrogens is 569 g/mol. The Morgan fingerprint density at radius 3 is 2.33 bits per heavy atom. The van der Waals surface area contributed by atoms with Crippen LogP contribution in [-0.4, -0.2) is 69.1 Å². The third-order valence-corrected chi connectivity index (χ3v) is 8.43. The maximum Gasteiger partial charge on any atom is 0.417 e. The Morgan fingerprint density at radius 2 is 1.74 bits per heavy atom. The van der Waals surface area contributed by atoms with Gasteiger partial charge >= 0.3 is 12.8 Å². The molecule has 1 aliphatic heterocycles. The summed E-state index contributed by atoms with van der Waals surface area (Å²) in [6.45, 7) is 2.21. The molecule has 4 aromatic rings.